The van der Waals surface area contributed by atoms with Gasteiger partial charge in [0.05, 0.1) is 6.10 Å². The normalized spacial score (nSPS) is 23.8. The van der Waals surface area contributed by atoms with E-state index in [0.717, 1.165) is 17.5 Å². The van der Waals surface area contributed by atoms with E-state index in [4.69, 9.17) is 9.47 Å². The highest BCUT2D eigenvalue weighted by Crippen LogP contribution is 2.40. The molecule has 2 atom stereocenters. The zero-order valence-electron chi connectivity index (χ0n) is 15.6. The molecule has 1 N–H and O–H groups in total. The summed E-state index contributed by atoms with van der Waals surface area (Å²) >= 11 is 0. The molecule has 2 aromatic carbocycles. The molecule has 1 saturated heterocycles. The minimum atomic E-state index is -3.66. The van der Waals surface area contributed by atoms with E-state index in [2.05, 4.69) is 4.72 Å². The van der Waals surface area contributed by atoms with Gasteiger partial charge in [0, 0.05) is 25.5 Å². The Morgan fingerprint density at radius 1 is 1.11 bits per heavy atom. The minimum absolute atomic E-state index is 0.0782. The molecular formula is C21H25NO4S. The van der Waals surface area contributed by atoms with E-state index < -0.39 is 10.0 Å². The summed E-state index contributed by atoms with van der Waals surface area (Å²) in [6, 6.07) is 15.3. The highest BCUT2D eigenvalue weighted by molar-refractivity contribution is 7.89. The summed E-state index contributed by atoms with van der Waals surface area (Å²) in [6.45, 7) is 4.92. The lowest BCUT2D eigenvalue weighted by Crippen LogP contribution is -2.31. The van der Waals surface area contributed by atoms with Crippen LogP contribution in [0.15, 0.2) is 53.4 Å². The molecule has 4 rings (SSSR count). The number of rotatable bonds is 5. The van der Waals surface area contributed by atoms with Crippen LogP contribution < -0.4 is 9.46 Å². The van der Waals surface area contributed by atoms with Gasteiger partial charge in [0.15, 0.2) is 0 Å². The van der Waals surface area contributed by atoms with Gasteiger partial charge in [-0.3, -0.25) is 0 Å². The third kappa shape index (κ3) is 3.74. The largest absolute Gasteiger partial charge is 0.486 e. The van der Waals surface area contributed by atoms with E-state index in [0.29, 0.717) is 25.3 Å². The summed E-state index contributed by atoms with van der Waals surface area (Å²) in [5.41, 5.74) is 1.64. The molecule has 6 heteroatoms. The lowest BCUT2D eigenvalue weighted by molar-refractivity contribution is 0.0917. The van der Waals surface area contributed by atoms with Crippen molar-refractivity contribution in [1.82, 2.24) is 4.72 Å². The Labute approximate surface area is 160 Å². The van der Waals surface area contributed by atoms with Gasteiger partial charge in [-0.1, -0.05) is 42.5 Å². The monoisotopic (exact) mass is 387 g/mol. The van der Waals surface area contributed by atoms with E-state index in [1.54, 1.807) is 12.1 Å². The smallest absolute Gasteiger partial charge is 0.244 e. The van der Waals surface area contributed by atoms with Gasteiger partial charge < -0.3 is 9.47 Å². The summed E-state index contributed by atoms with van der Waals surface area (Å²) < 4.78 is 40.5. The molecule has 0 saturated carbocycles. The van der Waals surface area contributed by atoms with Gasteiger partial charge >= 0.3 is 0 Å². The van der Waals surface area contributed by atoms with Gasteiger partial charge in [-0.05, 0) is 37.5 Å². The second-order valence-electron chi connectivity index (χ2n) is 7.89. The number of fused-ring (bicyclic) bond motifs is 1. The number of hydrogen-bond donors (Lipinski definition) is 1. The van der Waals surface area contributed by atoms with Crippen LogP contribution in [-0.4, -0.2) is 27.2 Å². The Bertz CT molecular complexity index is 924. The van der Waals surface area contributed by atoms with Crippen LogP contribution in [0.25, 0.3) is 0 Å². The maximum atomic E-state index is 13.0. The molecule has 0 spiro atoms. The summed E-state index contributed by atoms with van der Waals surface area (Å²) in [5, 5.41) is 0. The van der Waals surface area contributed by atoms with Gasteiger partial charge in [0.1, 0.15) is 16.2 Å². The van der Waals surface area contributed by atoms with Crippen LogP contribution in [0.4, 0.5) is 0 Å². The fourth-order valence-corrected chi connectivity index (χ4v) is 5.21. The van der Waals surface area contributed by atoms with Crippen molar-refractivity contribution in [3.05, 3.63) is 59.7 Å². The molecule has 0 aromatic heterocycles. The van der Waals surface area contributed by atoms with E-state index >= 15 is 0 Å². The lowest BCUT2D eigenvalue weighted by Gasteiger charge is -2.20. The number of sulfonamides is 1. The lowest BCUT2D eigenvalue weighted by atomic mass is 9.96. The number of hydrogen-bond acceptors (Lipinski definition) is 4. The van der Waals surface area contributed by atoms with Crippen LogP contribution >= 0.6 is 0 Å². The third-order valence-electron chi connectivity index (χ3n) is 5.22. The van der Waals surface area contributed by atoms with Gasteiger partial charge in [-0.25, -0.2) is 13.1 Å². The average Bonchev–Trinajstić information content (AvgIpc) is 3.22. The topological polar surface area (TPSA) is 64.6 Å². The molecule has 0 unspecified atom stereocenters. The molecule has 2 heterocycles. The molecule has 5 nitrogen and oxygen atoms in total. The maximum Gasteiger partial charge on any atom is 0.244 e. The molecule has 0 bridgehead atoms. The highest BCUT2D eigenvalue weighted by atomic mass is 32.2. The van der Waals surface area contributed by atoms with E-state index in [9.17, 15) is 8.42 Å². The van der Waals surface area contributed by atoms with Crippen LogP contribution in [-0.2, 0) is 21.2 Å². The van der Waals surface area contributed by atoms with Crippen molar-refractivity contribution in [3.8, 4) is 5.75 Å². The first-order valence-electron chi connectivity index (χ1n) is 9.33. The number of nitrogens with one attached hydrogen (secondary N) is 1. The molecule has 0 aliphatic carbocycles. The predicted molar refractivity (Wildman–Crippen MR) is 103 cm³/mol. The third-order valence-corrected chi connectivity index (χ3v) is 6.67. The van der Waals surface area contributed by atoms with Crippen molar-refractivity contribution in [1.29, 1.82) is 0 Å². The zero-order valence-corrected chi connectivity index (χ0v) is 16.5. The van der Waals surface area contributed by atoms with Crippen LogP contribution in [0, 0.1) is 5.92 Å². The summed E-state index contributed by atoms with van der Waals surface area (Å²) in [7, 11) is -3.66. The second-order valence-corrected chi connectivity index (χ2v) is 9.62. The molecular weight excluding hydrogens is 362 g/mol. The predicted octanol–water partition coefficient (Wildman–Crippen LogP) is 3.46. The molecule has 0 amide bonds. The van der Waals surface area contributed by atoms with E-state index in [-0.39, 0.29) is 22.5 Å². The van der Waals surface area contributed by atoms with E-state index in [1.165, 1.54) is 0 Å². The van der Waals surface area contributed by atoms with E-state index in [1.807, 2.05) is 50.2 Å². The van der Waals surface area contributed by atoms with Crippen molar-refractivity contribution in [2.75, 3.05) is 13.2 Å². The van der Waals surface area contributed by atoms with Crippen LogP contribution in [0.1, 0.15) is 37.5 Å². The molecule has 2 aromatic rings. The number of ether oxygens (including phenoxy) is 2. The van der Waals surface area contributed by atoms with Crippen molar-refractivity contribution >= 4 is 10.0 Å². The first-order valence-corrected chi connectivity index (χ1v) is 10.8. The van der Waals surface area contributed by atoms with Crippen LogP contribution in [0.3, 0.4) is 0 Å². The molecule has 27 heavy (non-hydrogen) atoms. The van der Waals surface area contributed by atoms with Gasteiger partial charge in [0.2, 0.25) is 10.0 Å². The molecule has 1 fully saturated rings. The summed E-state index contributed by atoms with van der Waals surface area (Å²) in [5.74, 6) is 0.591. The summed E-state index contributed by atoms with van der Waals surface area (Å²) in [4.78, 5) is 0.223. The second kappa shape index (κ2) is 6.93. The minimum Gasteiger partial charge on any atom is -0.486 e. The number of benzene rings is 2. The fourth-order valence-electron chi connectivity index (χ4n) is 3.95. The average molecular weight is 388 g/mol. The Morgan fingerprint density at radius 3 is 2.67 bits per heavy atom. The fraction of sp³-hybridized carbons (Fsp3) is 0.429. The van der Waals surface area contributed by atoms with Crippen molar-refractivity contribution in [2.24, 2.45) is 5.92 Å². The van der Waals surface area contributed by atoms with Gasteiger partial charge in [0.25, 0.3) is 0 Å². The van der Waals surface area contributed by atoms with Crippen molar-refractivity contribution in [2.45, 2.75) is 43.3 Å². The SMILES string of the molecule is CC1(C)Cc2cccc(S(=O)(=O)NC[C@@H]3CCO[C@H]3c3ccccc3)c2O1. The number of para-hydroxylation sites is 1. The zero-order chi connectivity index (χ0) is 19.1. The maximum absolute atomic E-state index is 13.0. The Balaban J connectivity index is 1.51. The Hall–Kier alpha value is -1.89. The Kier molecular flexibility index (Phi) is 4.74. The van der Waals surface area contributed by atoms with Crippen molar-refractivity contribution < 1.29 is 17.9 Å². The van der Waals surface area contributed by atoms with Crippen molar-refractivity contribution in [3.63, 3.8) is 0 Å². The highest BCUT2D eigenvalue weighted by Gasteiger charge is 2.36. The molecule has 2 aliphatic rings. The van der Waals surface area contributed by atoms with Gasteiger partial charge in [-0.2, -0.15) is 0 Å². The van der Waals surface area contributed by atoms with Gasteiger partial charge in [-0.15, -0.1) is 0 Å². The first kappa shape index (κ1) is 18.5. The Morgan fingerprint density at radius 2 is 1.89 bits per heavy atom. The molecule has 144 valence electrons. The van der Waals surface area contributed by atoms with Crippen LogP contribution in [0.5, 0.6) is 5.75 Å². The van der Waals surface area contributed by atoms with Crippen LogP contribution in [0.2, 0.25) is 0 Å². The molecule has 0 radical (unpaired) electrons. The first-order chi connectivity index (χ1) is 12.9. The quantitative estimate of drug-likeness (QED) is 0.853. The standard InChI is InChI=1S/C21H25NO4S/c1-21(2)13-16-9-6-10-18(20(16)26-21)27(23,24)22-14-17-11-12-25-19(17)15-7-4-3-5-8-15/h3-10,17,19,22H,11-14H2,1-2H3/t17-,19-/m0/s1. The summed E-state index contributed by atoms with van der Waals surface area (Å²) in [6.07, 6.45) is 1.46. The molecule has 2 aliphatic heterocycles.